The van der Waals surface area contributed by atoms with Crippen LogP contribution < -0.4 is 4.90 Å². The molecule has 1 amide bonds. The predicted molar refractivity (Wildman–Crippen MR) is 97.3 cm³/mol. The van der Waals surface area contributed by atoms with Crippen LogP contribution in [0.15, 0.2) is 58.8 Å². The number of carbonyl (C=O) groups excluding carboxylic acids is 1. The molecule has 128 valence electrons. The molecule has 0 radical (unpaired) electrons. The van der Waals surface area contributed by atoms with Crippen molar-refractivity contribution in [2.24, 2.45) is 0 Å². The molecule has 0 atom stereocenters. The van der Waals surface area contributed by atoms with Crippen molar-refractivity contribution < 1.29 is 13.6 Å². The number of amides is 1. The van der Waals surface area contributed by atoms with E-state index in [0.717, 1.165) is 17.8 Å². The van der Waals surface area contributed by atoms with Crippen LogP contribution in [0.4, 0.5) is 19.6 Å². The highest BCUT2D eigenvalue weighted by Crippen LogP contribution is 2.32. The lowest BCUT2D eigenvalue weighted by atomic mass is 10.3. The molecule has 25 heavy (non-hydrogen) atoms. The van der Waals surface area contributed by atoms with Crippen LogP contribution in [0.3, 0.4) is 0 Å². The largest absolute Gasteiger partial charge is 0.274 e. The van der Waals surface area contributed by atoms with Crippen LogP contribution in [0.2, 0.25) is 0 Å². The average Bonchev–Trinajstić information content (AvgIpc) is 3.05. The first kappa shape index (κ1) is 17.6. The Balaban J connectivity index is 1.77. The van der Waals surface area contributed by atoms with Crippen molar-refractivity contribution in [2.45, 2.75) is 17.6 Å². The van der Waals surface area contributed by atoms with Gasteiger partial charge in [0, 0.05) is 23.0 Å². The van der Waals surface area contributed by atoms with E-state index >= 15 is 0 Å². The molecule has 0 aliphatic carbocycles. The summed E-state index contributed by atoms with van der Waals surface area (Å²) in [6, 6.07) is 12.6. The molecule has 0 saturated carbocycles. The zero-order valence-electron chi connectivity index (χ0n) is 13.3. The van der Waals surface area contributed by atoms with Crippen LogP contribution >= 0.6 is 23.1 Å². The molecule has 7 heteroatoms. The number of carbonyl (C=O) groups is 1. The summed E-state index contributed by atoms with van der Waals surface area (Å²) in [4.78, 5) is 18.2. The Morgan fingerprint density at radius 3 is 2.68 bits per heavy atom. The van der Waals surface area contributed by atoms with Crippen LogP contribution in [0.1, 0.15) is 12.6 Å². The Bertz CT molecular complexity index is 884. The van der Waals surface area contributed by atoms with Gasteiger partial charge in [0.05, 0.1) is 11.4 Å². The van der Waals surface area contributed by atoms with Crippen LogP contribution in [0.25, 0.3) is 0 Å². The Morgan fingerprint density at radius 1 is 1.20 bits per heavy atom. The summed E-state index contributed by atoms with van der Waals surface area (Å²) >= 11 is 2.51. The Kier molecular flexibility index (Phi) is 5.45. The van der Waals surface area contributed by atoms with Crippen LogP contribution in [-0.4, -0.2) is 10.9 Å². The Morgan fingerprint density at radius 2 is 1.96 bits per heavy atom. The fourth-order valence-corrected chi connectivity index (χ4v) is 4.05. The molecule has 3 rings (SSSR count). The molecule has 0 N–H and O–H groups in total. The molecule has 3 aromatic rings. The molecule has 0 aliphatic rings. The van der Waals surface area contributed by atoms with Gasteiger partial charge >= 0.3 is 0 Å². The number of para-hydroxylation sites is 1. The van der Waals surface area contributed by atoms with Crippen LogP contribution in [-0.2, 0) is 10.5 Å². The smallest absolute Gasteiger partial charge is 0.230 e. The average molecular weight is 376 g/mol. The van der Waals surface area contributed by atoms with E-state index in [2.05, 4.69) is 4.98 Å². The summed E-state index contributed by atoms with van der Waals surface area (Å²) in [6.07, 6.45) is 0. The lowest BCUT2D eigenvalue weighted by Crippen LogP contribution is -2.22. The lowest BCUT2D eigenvalue weighted by Gasteiger charge is -2.17. The minimum Gasteiger partial charge on any atom is -0.274 e. The molecule has 1 heterocycles. The number of anilines is 2. The predicted octanol–water partition coefficient (Wildman–Crippen LogP) is 5.40. The summed E-state index contributed by atoms with van der Waals surface area (Å²) in [7, 11) is 0. The van der Waals surface area contributed by atoms with Gasteiger partial charge in [-0.25, -0.2) is 13.8 Å². The van der Waals surface area contributed by atoms with Gasteiger partial charge in [0.15, 0.2) is 5.13 Å². The highest BCUT2D eigenvalue weighted by atomic mass is 32.2. The summed E-state index contributed by atoms with van der Waals surface area (Å²) in [5, 5.41) is 2.37. The van der Waals surface area contributed by atoms with E-state index in [1.165, 1.54) is 41.0 Å². The lowest BCUT2D eigenvalue weighted by molar-refractivity contribution is -0.115. The fourth-order valence-electron chi connectivity index (χ4n) is 2.21. The van der Waals surface area contributed by atoms with Gasteiger partial charge in [-0.1, -0.05) is 18.2 Å². The number of rotatable bonds is 5. The second-order valence-corrected chi connectivity index (χ2v) is 7.03. The summed E-state index contributed by atoms with van der Waals surface area (Å²) < 4.78 is 26.9. The first-order chi connectivity index (χ1) is 12.0. The fraction of sp³-hybridized carbons (Fsp3) is 0.111. The zero-order valence-corrected chi connectivity index (χ0v) is 14.9. The molecule has 0 unspecified atom stereocenters. The third-order valence-electron chi connectivity index (χ3n) is 3.33. The first-order valence-electron chi connectivity index (χ1n) is 7.42. The maximum absolute atomic E-state index is 13.7. The summed E-state index contributed by atoms with van der Waals surface area (Å²) in [6.45, 7) is 1.48. The number of benzene rings is 2. The number of thioether (sulfide) groups is 1. The molecule has 0 bridgehead atoms. The highest BCUT2D eigenvalue weighted by molar-refractivity contribution is 7.98. The molecule has 3 nitrogen and oxygen atoms in total. The number of thiazole rings is 1. The topological polar surface area (TPSA) is 33.2 Å². The van der Waals surface area contributed by atoms with E-state index in [9.17, 15) is 13.6 Å². The molecular formula is C18H14F2N2OS2. The maximum atomic E-state index is 13.7. The quantitative estimate of drug-likeness (QED) is 0.559. The van der Waals surface area contributed by atoms with Crippen molar-refractivity contribution in [1.29, 1.82) is 0 Å². The van der Waals surface area contributed by atoms with Gasteiger partial charge in [-0.05, 0) is 30.3 Å². The SMILES string of the molecule is CC(=O)N(c1ccccc1)c1nc(CSc2cc(F)ccc2F)cs1. The minimum absolute atomic E-state index is 0.143. The number of hydrogen-bond acceptors (Lipinski definition) is 4. The van der Waals surface area contributed by atoms with E-state index in [0.29, 0.717) is 16.6 Å². The Labute approximate surface area is 152 Å². The van der Waals surface area contributed by atoms with Crippen molar-refractivity contribution in [1.82, 2.24) is 4.98 Å². The molecule has 0 fully saturated rings. The van der Waals surface area contributed by atoms with E-state index < -0.39 is 11.6 Å². The van der Waals surface area contributed by atoms with Crippen molar-refractivity contribution in [3.05, 3.63) is 71.2 Å². The van der Waals surface area contributed by atoms with Gasteiger partial charge in [0.25, 0.3) is 0 Å². The van der Waals surface area contributed by atoms with Crippen molar-refractivity contribution in [2.75, 3.05) is 4.90 Å². The van der Waals surface area contributed by atoms with E-state index in [4.69, 9.17) is 0 Å². The number of aromatic nitrogens is 1. The van der Waals surface area contributed by atoms with E-state index in [1.54, 1.807) is 0 Å². The number of hydrogen-bond donors (Lipinski definition) is 0. The minimum atomic E-state index is -0.477. The van der Waals surface area contributed by atoms with Gasteiger partial charge in [-0.3, -0.25) is 9.69 Å². The zero-order chi connectivity index (χ0) is 17.8. The molecular weight excluding hydrogens is 362 g/mol. The molecule has 0 saturated heterocycles. The maximum Gasteiger partial charge on any atom is 0.230 e. The highest BCUT2D eigenvalue weighted by Gasteiger charge is 2.17. The molecule has 0 spiro atoms. The third kappa shape index (κ3) is 4.24. The van der Waals surface area contributed by atoms with E-state index in [1.807, 2.05) is 35.7 Å². The van der Waals surface area contributed by atoms with Crippen LogP contribution in [0.5, 0.6) is 0 Å². The molecule has 2 aromatic carbocycles. The van der Waals surface area contributed by atoms with Gasteiger partial charge in [0.1, 0.15) is 11.6 Å². The van der Waals surface area contributed by atoms with Crippen molar-refractivity contribution in [3.8, 4) is 0 Å². The van der Waals surface area contributed by atoms with E-state index in [-0.39, 0.29) is 10.8 Å². The number of halogens is 2. The third-order valence-corrected chi connectivity index (χ3v) is 5.27. The van der Waals surface area contributed by atoms with Gasteiger partial charge in [-0.2, -0.15) is 0 Å². The molecule has 1 aromatic heterocycles. The second-order valence-electron chi connectivity index (χ2n) is 5.17. The van der Waals surface area contributed by atoms with Crippen molar-refractivity contribution in [3.63, 3.8) is 0 Å². The second kappa shape index (κ2) is 7.76. The summed E-state index contributed by atoms with van der Waals surface area (Å²) in [5.74, 6) is -0.695. The van der Waals surface area contributed by atoms with Gasteiger partial charge in [-0.15, -0.1) is 23.1 Å². The Hall–Kier alpha value is -2.25. The standard InChI is InChI=1S/C18H14F2N2OS2/c1-12(23)22(15-5-3-2-4-6-15)18-21-14(11-25-18)10-24-17-9-13(19)7-8-16(17)20/h2-9,11H,10H2,1H3. The first-order valence-corrected chi connectivity index (χ1v) is 9.29. The number of nitrogens with zero attached hydrogens (tertiary/aromatic N) is 2. The molecule has 0 aliphatic heterocycles. The monoisotopic (exact) mass is 376 g/mol. The van der Waals surface area contributed by atoms with Gasteiger partial charge in [0.2, 0.25) is 5.91 Å². The van der Waals surface area contributed by atoms with Crippen molar-refractivity contribution >= 4 is 39.8 Å². The normalized spacial score (nSPS) is 10.7. The summed E-state index contributed by atoms with van der Waals surface area (Å²) in [5.41, 5.74) is 1.44. The van der Waals surface area contributed by atoms with Crippen LogP contribution in [0, 0.1) is 11.6 Å². The van der Waals surface area contributed by atoms with Gasteiger partial charge < -0.3 is 0 Å².